The van der Waals surface area contributed by atoms with Crippen LogP contribution in [-0.2, 0) is 14.4 Å². The second kappa shape index (κ2) is 13.4. The van der Waals surface area contributed by atoms with E-state index in [0.717, 1.165) is 3.57 Å². The van der Waals surface area contributed by atoms with E-state index in [1.54, 1.807) is 24.3 Å². The summed E-state index contributed by atoms with van der Waals surface area (Å²) in [6.45, 7) is 0.319. The zero-order valence-electron chi connectivity index (χ0n) is 16.5. The smallest absolute Gasteiger partial charge is 0.326 e. The first-order chi connectivity index (χ1) is 14.6. The van der Waals surface area contributed by atoms with E-state index in [4.69, 9.17) is 10.2 Å². The Morgan fingerprint density at radius 2 is 1.39 bits per heavy atom. The van der Waals surface area contributed by atoms with Gasteiger partial charge in [0.1, 0.15) is 12.1 Å². The van der Waals surface area contributed by atoms with E-state index in [9.17, 15) is 29.1 Å². The molecule has 0 aromatic heterocycles. The zero-order chi connectivity index (χ0) is 23.4. The summed E-state index contributed by atoms with van der Waals surface area (Å²) in [4.78, 5) is 56.9. The minimum atomic E-state index is -1.46. The fourth-order valence-corrected chi connectivity index (χ4v) is 2.88. The predicted molar refractivity (Wildman–Crippen MR) is 117 cm³/mol. The molecule has 0 saturated heterocycles. The predicted octanol–water partition coefficient (Wildman–Crippen LogP) is 1.26. The summed E-state index contributed by atoms with van der Waals surface area (Å²) in [6.07, 6.45) is 0.115. The molecule has 0 bridgehead atoms. The quantitative estimate of drug-likeness (QED) is 0.157. The van der Waals surface area contributed by atoms with E-state index in [1.807, 2.05) is 0 Å². The molecule has 0 aliphatic heterocycles. The maximum atomic E-state index is 12.0. The lowest BCUT2D eigenvalue weighted by molar-refractivity contribution is -0.140. The number of unbranched alkanes of at least 4 members (excludes halogenated alkanes) is 1. The fourth-order valence-electron chi connectivity index (χ4n) is 2.52. The molecule has 2 unspecified atom stereocenters. The second-order valence-electron chi connectivity index (χ2n) is 6.59. The number of carbonyl (C=O) groups is 5. The third-order valence-electron chi connectivity index (χ3n) is 4.17. The number of amides is 3. The molecule has 2 atom stereocenters. The summed E-state index contributed by atoms with van der Waals surface area (Å²) in [6, 6.07) is 3.27. The first-order valence-corrected chi connectivity index (χ1v) is 10.5. The molecule has 0 radical (unpaired) electrons. The van der Waals surface area contributed by atoms with Crippen molar-refractivity contribution in [3.63, 3.8) is 0 Å². The van der Waals surface area contributed by atoms with Gasteiger partial charge in [-0.1, -0.05) is 0 Å². The SMILES string of the molecule is O=C(O)CCC(NC(=O)NC(CCCCNC(=O)c1ccc(I)cc1)C(=O)O)C(=O)O. The van der Waals surface area contributed by atoms with Crippen LogP contribution in [0.1, 0.15) is 42.5 Å². The molecule has 0 saturated carbocycles. The molecule has 170 valence electrons. The summed E-state index contributed by atoms with van der Waals surface area (Å²) in [7, 11) is 0. The van der Waals surface area contributed by atoms with Gasteiger partial charge >= 0.3 is 23.9 Å². The molecular formula is C19H24IN3O8. The molecule has 11 nitrogen and oxygen atoms in total. The van der Waals surface area contributed by atoms with Crippen LogP contribution in [0.4, 0.5) is 4.79 Å². The van der Waals surface area contributed by atoms with Gasteiger partial charge < -0.3 is 31.3 Å². The highest BCUT2D eigenvalue weighted by atomic mass is 127. The highest BCUT2D eigenvalue weighted by Crippen LogP contribution is 2.07. The third kappa shape index (κ3) is 10.6. The van der Waals surface area contributed by atoms with Crippen molar-refractivity contribution in [3.8, 4) is 0 Å². The Bertz CT molecular complexity index is 800. The van der Waals surface area contributed by atoms with Gasteiger partial charge in [0, 0.05) is 22.1 Å². The van der Waals surface area contributed by atoms with Gasteiger partial charge in [-0.15, -0.1) is 0 Å². The lowest BCUT2D eigenvalue weighted by Crippen LogP contribution is -2.51. The number of hydrogen-bond donors (Lipinski definition) is 6. The van der Waals surface area contributed by atoms with Gasteiger partial charge in [-0.3, -0.25) is 9.59 Å². The topological polar surface area (TPSA) is 182 Å². The second-order valence-corrected chi connectivity index (χ2v) is 7.84. The molecule has 1 aromatic carbocycles. The van der Waals surface area contributed by atoms with Gasteiger partial charge in [0.25, 0.3) is 5.91 Å². The standard InChI is InChI=1S/C19H24IN3O8/c20-12-6-4-11(5-7-12)16(26)21-10-2-1-3-13(17(27)28)22-19(31)23-14(18(29)30)8-9-15(24)25/h4-7,13-14H,1-3,8-10H2,(H,21,26)(H,24,25)(H,27,28)(H,29,30)(H2,22,23,31). The number of urea groups is 1. The summed E-state index contributed by atoms with van der Waals surface area (Å²) in [5.74, 6) is -4.18. The molecule has 31 heavy (non-hydrogen) atoms. The van der Waals surface area contributed by atoms with E-state index in [-0.39, 0.29) is 18.7 Å². The fraction of sp³-hybridized carbons (Fsp3) is 0.421. The van der Waals surface area contributed by atoms with Crippen molar-refractivity contribution in [2.75, 3.05) is 6.54 Å². The van der Waals surface area contributed by atoms with Crippen molar-refractivity contribution < 1.29 is 39.3 Å². The van der Waals surface area contributed by atoms with Crippen LogP contribution >= 0.6 is 22.6 Å². The van der Waals surface area contributed by atoms with E-state index in [1.165, 1.54) is 0 Å². The number of benzene rings is 1. The summed E-state index contributed by atoms with van der Waals surface area (Å²) in [5.41, 5.74) is 0.512. The maximum absolute atomic E-state index is 12.0. The van der Waals surface area contributed by atoms with Gasteiger partial charge in [-0.05, 0) is 72.5 Å². The van der Waals surface area contributed by atoms with Crippen LogP contribution in [0.15, 0.2) is 24.3 Å². The van der Waals surface area contributed by atoms with Crippen molar-refractivity contribution >= 4 is 52.4 Å². The molecule has 6 N–H and O–H groups in total. The van der Waals surface area contributed by atoms with E-state index < -0.39 is 42.4 Å². The van der Waals surface area contributed by atoms with Gasteiger partial charge in [0.2, 0.25) is 0 Å². The Kier molecular flexibility index (Phi) is 11.3. The highest BCUT2D eigenvalue weighted by Gasteiger charge is 2.24. The zero-order valence-corrected chi connectivity index (χ0v) is 18.6. The summed E-state index contributed by atoms with van der Waals surface area (Å²) in [5, 5.41) is 33.9. The first-order valence-electron chi connectivity index (χ1n) is 9.38. The molecule has 3 amide bonds. The molecule has 0 aliphatic carbocycles. The maximum Gasteiger partial charge on any atom is 0.326 e. The Labute approximate surface area is 191 Å². The molecule has 1 aromatic rings. The number of carboxylic acid groups (broad SMARTS) is 3. The molecule has 1 rings (SSSR count). The van der Waals surface area contributed by atoms with Crippen LogP contribution in [0.5, 0.6) is 0 Å². The van der Waals surface area contributed by atoms with E-state index in [0.29, 0.717) is 24.9 Å². The average Bonchev–Trinajstić information content (AvgIpc) is 2.69. The van der Waals surface area contributed by atoms with Gasteiger partial charge in [0.15, 0.2) is 0 Å². The number of carbonyl (C=O) groups excluding carboxylic acids is 2. The molecule has 12 heteroatoms. The minimum absolute atomic E-state index is 0.0645. The van der Waals surface area contributed by atoms with Crippen LogP contribution in [-0.4, -0.2) is 63.8 Å². The number of aliphatic carboxylic acids is 3. The first kappa shape index (κ1) is 26.1. The van der Waals surface area contributed by atoms with Crippen LogP contribution in [0, 0.1) is 3.57 Å². The van der Waals surface area contributed by atoms with Crippen molar-refractivity contribution in [2.45, 2.75) is 44.2 Å². The number of hydrogen-bond acceptors (Lipinski definition) is 5. The van der Waals surface area contributed by atoms with Crippen molar-refractivity contribution in [2.24, 2.45) is 0 Å². The largest absolute Gasteiger partial charge is 0.481 e. The molecule has 0 heterocycles. The van der Waals surface area contributed by atoms with E-state index >= 15 is 0 Å². The Morgan fingerprint density at radius 1 is 0.839 bits per heavy atom. The van der Waals surface area contributed by atoms with Crippen molar-refractivity contribution in [3.05, 3.63) is 33.4 Å². The Morgan fingerprint density at radius 3 is 1.90 bits per heavy atom. The molecule has 0 aliphatic rings. The lowest BCUT2D eigenvalue weighted by Gasteiger charge is -2.18. The molecular weight excluding hydrogens is 525 g/mol. The monoisotopic (exact) mass is 549 g/mol. The number of rotatable bonds is 13. The van der Waals surface area contributed by atoms with Crippen LogP contribution in [0.3, 0.4) is 0 Å². The van der Waals surface area contributed by atoms with Crippen LogP contribution < -0.4 is 16.0 Å². The number of carboxylic acids is 3. The number of nitrogens with one attached hydrogen (secondary N) is 3. The lowest BCUT2D eigenvalue weighted by atomic mass is 10.1. The van der Waals surface area contributed by atoms with Crippen molar-refractivity contribution in [1.82, 2.24) is 16.0 Å². The van der Waals surface area contributed by atoms with Crippen molar-refractivity contribution in [1.29, 1.82) is 0 Å². The Balaban J connectivity index is 2.41. The third-order valence-corrected chi connectivity index (χ3v) is 4.88. The highest BCUT2D eigenvalue weighted by molar-refractivity contribution is 14.1. The molecule has 0 fully saturated rings. The average molecular weight is 549 g/mol. The summed E-state index contributed by atoms with van der Waals surface area (Å²) >= 11 is 2.13. The van der Waals surface area contributed by atoms with Gasteiger partial charge in [-0.25, -0.2) is 14.4 Å². The van der Waals surface area contributed by atoms with Gasteiger partial charge in [-0.2, -0.15) is 0 Å². The normalized spacial score (nSPS) is 12.3. The van der Waals surface area contributed by atoms with E-state index in [2.05, 4.69) is 38.5 Å². The van der Waals surface area contributed by atoms with Crippen LogP contribution in [0.25, 0.3) is 0 Å². The van der Waals surface area contributed by atoms with Crippen LogP contribution in [0.2, 0.25) is 0 Å². The number of halogens is 1. The minimum Gasteiger partial charge on any atom is -0.481 e. The summed E-state index contributed by atoms with van der Waals surface area (Å²) < 4.78 is 1.00. The van der Waals surface area contributed by atoms with Gasteiger partial charge in [0.05, 0.1) is 0 Å². The Hall–Kier alpha value is -2.90. The molecule has 0 spiro atoms.